The molecule has 0 aliphatic heterocycles. The SMILES string of the molecule is C#CCn1cc(C(=O)c2ccc(C)c(C)c2)c(=O)c2ccccc21. The lowest BCUT2D eigenvalue weighted by Crippen LogP contribution is -2.20. The third-order valence-corrected chi connectivity index (χ3v) is 4.26. The van der Waals surface area contributed by atoms with Crippen LogP contribution in [0.2, 0.25) is 0 Å². The summed E-state index contributed by atoms with van der Waals surface area (Å²) in [7, 11) is 0. The van der Waals surface area contributed by atoms with Crippen LogP contribution in [0.1, 0.15) is 27.0 Å². The highest BCUT2D eigenvalue weighted by atomic mass is 16.1. The Hall–Kier alpha value is -3.12. The average Bonchev–Trinajstić information content (AvgIpc) is 2.59. The quantitative estimate of drug-likeness (QED) is 0.548. The molecule has 0 N–H and O–H groups in total. The molecule has 0 spiro atoms. The van der Waals surface area contributed by atoms with E-state index in [1.165, 1.54) is 0 Å². The second kappa shape index (κ2) is 6.17. The molecule has 3 rings (SSSR count). The van der Waals surface area contributed by atoms with Gasteiger partial charge in [0.1, 0.15) is 0 Å². The second-order valence-corrected chi connectivity index (χ2v) is 5.85. The molecule has 2 aromatic carbocycles. The number of hydrogen-bond donors (Lipinski definition) is 0. The van der Waals surface area contributed by atoms with Gasteiger partial charge in [0.2, 0.25) is 5.43 Å². The van der Waals surface area contributed by atoms with Crippen molar-refractivity contribution in [1.29, 1.82) is 0 Å². The molecule has 0 radical (unpaired) electrons. The first-order valence-corrected chi connectivity index (χ1v) is 7.70. The molecule has 3 aromatic rings. The van der Waals surface area contributed by atoms with Gasteiger partial charge in [-0.05, 0) is 43.2 Å². The highest BCUT2D eigenvalue weighted by molar-refractivity contribution is 6.10. The van der Waals surface area contributed by atoms with E-state index < -0.39 is 0 Å². The molecule has 118 valence electrons. The molecule has 24 heavy (non-hydrogen) atoms. The first-order valence-electron chi connectivity index (χ1n) is 7.70. The van der Waals surface area contributed by atoms with Crippen LogP contribution in [0.3, 0.4) is 0 Å². The molecule has 0 aliphatic rings. The summed E-state index contributed by atoms with van der Waals surface area (Å²) >= 11 is 0. The number of hydrogen-bond acceptors (Lipinski definition) is 2. The van der Waals surface area contributed by atoms with Crippen LogP contribution >= 0.6 is 0 Å². The fraction of sp³-hybridized carbons (Fsp3) is 0.143. The minimum atomic E-state index is -0.278. The van der Waals surface area contributed by atoms with Gasteiger partial charge in [-0.3, -0.25) is 9.59 Å². The Balaban J connectivity index is 2.24. The summed E-state index contributed by atoms with van der Waals surface area (Å²) in [5, 5.41) is 0.502. The third-order valence-electron chi connectivity index (χ3n) is 4.26. The van der Waals surface area contributed by atoms with Crippen LogP contribution in [0.25, 0.3) is 10.9 Å². The number of rotatable bonds is 3. The van der Waals surface area contributed by atoms with E-state index in [1.54, 1.807) is 29.0 Å². The summed E-state index contributed by atoms with van der Waals surface area (Å²) in [5.41, 5.74) is 3.25. The van der Waals surface area contributed by atoms with Gasteiger partial charge >= 0.3 is 0 Å². The molecule has 3 heteroatoms. The first-order chi connectivity index (χ1) is 11.5. The highest BCUT2D eigenvalue weighted by Gasteiger charge is 2.17. The van der Waals surface area contributed by atoms with Gasteiger partial charge in [0, 0.05) is 17.1 Å². The van der Waals surface area contributed by atoms with E-state index >= 15 is 0 Å². The van der Waals surface area contributed by atoms with Gasteiger partial charge in [-0.25, -0.2) is 0 Å². The van der Waals surface area contributed by atoms with E-state index in [1.807, 2.05) is 38.1 Å². The number of fused-ring (bicyclic) bond motifs is 1. The van der Waals surface area contributed by atoms with Crippen LogP contribution in [0.15, 0.2) is 53.5 Å². The van der Waals surface area contributed by atoms with E-state index in [2.05, 4.69) is 5.92 Å². The number of aryl methyl sites for hydroxylation is 2. The molecular weight excluding hydrogens is 298 g/mol. The zero-order chi connectivity index (χ0) is 17.3. The smallest absolute Gasteiger partial charge is 0.200 e. The standard InChI is InChI=1S/C21H17NO2/c1-4-11-22-13-18(21(24)17-7-5-6-8-19(17)22)20(23)16-10-9-14(2)15(3)12-16/h1,5-10,12-13H,11H2,2-3H3. The van der Waals surface area contributed by atoms with Crippen LogP contribution in [0.5, 0.6) is 0 Å². The molecule has 0 fully saturated rings. The number of aromatic nitrogens is 1. The normalized spacial score (nSPS) is 10.5. The largest absolute Gasteiger partial charge is 0.335 e. The molecule has 0 atom stereocenters. The number of nitrogens with zero attached hydrogens (tertiary/aromatic N) is 1. The van der Waals surface area contributed by atoms with Gasteiger partial charge in [0.15, 0.2) is 5.78 Å². The number of terminal acetylenes is 1. The molecule has 0 aliphatic carbocycles. The topological polar surface area (TPSA) is 39.1 Å². The lowest BCUT2D eigenvalue weighted by atomic mass is 9.99. The number of carbonyl (C=O) groups is 1. The van der Waals surface area contributed by atoms with Crippen LogP contribution in [-0.2, 0) is 6.54 Å². The van der Waals surface area contributed by atoms with Crippen molar-refractivity contribution in [2.24, 2.45) is 0 Å². The van der Waals surface area contributed by atoms with E-state index in [9.17, 15) is 9.59 Å². The van der Waals surface area contributed by atoms with Gasteiger partial charge in [-0.2, -0.15) is 0 Å². The van der Waals surface area contributed by atoms with Gasteiger partial charge in [-0.1, -0.05) is 30.2 Å². The minimum absolute atomic E-state index is 0.146. The summed E-state index contributed by atoms with van der Waals surface area (Å²) in [6.07, 6.45) is 7.00. The number of pyridine rings is 1. The van der Waals surface area contributed by atoms with Crippen molar-refractivity contribution >= 4 is 16.7 Å². The van der Waals surface area contributed by atoms with Crippen molar-refractivity contribution in [2.75, 3.05) is 0 Å². The van der Waals surface area contributed by atoms with Gasteiger partial charge in [0.05, 0.1) is 17.6 Å². The van der Waals surface area contributed by atoms with E-state index in [0.29, 0.717) is 17.5 Å². The number of carbonyl (C=O) groups excluding carboxylic acids is 1. The summed E-state index contributed by atoms with van der Waals surface area (Å²) in [6.45, 7) is 4.23. The number of ketones is 1. The van der Waals surface area contributed by atoms with E-state index in [-0.39, 0.29) is 16.8 Å². The van der Waals surface area contributed by atoms with Gasteiger partial charge < -0.3 is 4.57 Å². The molecule has 0 saturated carbocycles. The van der Waals surface area contributed by atoms with Crippen molar-refractivity contribution in [2.45, 2.75) is 20.4 Å². The Labute approximate surface area is 140 Å². The number of para-hydroxylation sites is 1. The van der Waals surface area contributed by atoms with Crippen molar-refractivity contribution in [3.05, 3.63) is 81.1 Å². The molecular formula is C21H17NO2. The molecule has 0 unspecified atom stereocenters. The predicted molar refractivity (Wildman–Crippen MR) is 96.4 cm³/mol. The van der Waals surface area contributed by atoms with E-state index in [0.717, 1.165) is 16.6 Å². The molecule has 0 bridgehead atoms. The fourth-order valence-corrected chi connectivity index (χ4v) is 2.77. The lowest BCUT2D eigenvalue weighted by Gasteiger charge is -2.11. The summed E-state index contributed by atoms with van der Waals surface area (Å²) in [6, 6.07) is 12.7. The van der Waals surface area contributed by atoms with Gasteiger partial charge in [0.25, 0.3) is 0 Å². The molecule has 3 nitrogen and oxygen atoms in total. The van der Waals surface area contributed by atoms with Crippen LogP contribution in [-0.4, -0.2) is 10.4 Å². The minimum Gasteiger partial charge on any atom is -0.335 e. The summed E-state index contributed by atoms with van der Waals surface area (Å²) < 4.78 is 1.77. The lowest BCUT2D eigenvalue weighted by molar-refractivity contribution is 0.103. The van der Waals surface area contributed by atoms with Crippen molar-refractivity contribution < 1.29 is 4.79 Å². The van der Waals surface area contributed by atoms with Crippen molar-refractivity contribution in [3.63, 3.8) is 0 Å². The molecule has 0 saturated heterocycles. The zero-order valence-electron chi connectivity index (χ0n) is 13.7. The van der Waals surface area contributed by atoms with Crippen LogP contribution in [0.4, 0.5) is 0 Å². The molecule has 1 aromatic heterocycles. The van der Waals surface area contributed by atoms with Crippen molar-refractivity contribution in [3.8, 4) is 12.3 Å². The van der Waals surface area contributed by atoms with E-state index in [4.69, 9.17) is 6.42 Å². The van der Waals surface area contributed by atoms with Crippen molar-refractivity contribution in [1.82, 2.24) is 4.57 Å². The van der Waals surface area contributed by atoms with Crippen LogP contribution < -0.4 is 5.43 Å². The maximum Gasteiger partial charge on any atom is 0.200 e. The van der Waals surface area contributed by atoms with Crippen LogP contribution in [0, 0.1) is 26.2 Å². The highest BCUT2D eigenvalue weighted by Crippen LogP contribution is 2.16. The Kier molecular flexibility index (Phi) is 4.05. The predicted octanol–water partition coefficient (Wildman–Crippen LogP) is 3.48. The molecule has 1 heterocycles. The Morgan fingerprint density at radius 2 is 1.88 bits per heavy atom. The maximum absolute atomic E-state index is 12.9. The third kappa shape index (κ3) is 2.63. The fourth-order valence-electron chi connectivity index (χ4n) is 2.77. The Morgan fingerprint density at radius 3 is 2.58 bits per heavy atom. The number of benzene rings is 2. The van der Waals surface area contributed by atoms with Gasteiger partial charge in [-0.15, -0.1) is 6.42 Å². The average molecular weight is 315 g/mol. The maximum atomic E-state index is 12.9. The zero-order valence-corrected chi connectivity index (χ0v) is 13.7. The first kappa shape index (κ1) is 15.8. The summed E-state index contributed by atoms with van der Waals surface area (Å²) in [5.74, 6) is 2.29. The summed E-state index contributed by atoms with van der Waals surface area (Å²) in [4.78, 5) is 25.6. The Morgan fingerprint density at radius 1 is 1.12 bits per heavy atom. The second-order valence-electron chi connectivity index (χ2n) is 5.85. The Bertz CT molecular complexity index is 1050. The molecule has 0 amide bonds. The monoisotopic (exact) mass is 315 g/mol.